The summed E-state index contributed by atoms with van der Waals surface area (Å²) in [4.78, 5) is 11.5. The number of Topliss-reactive ketones (excluding diaryl/α,β-unsaturated/α-hetero) is 1. The standard InChI is InChI=1S/C12H11F3O2/c1-7-3-2-4-9-8(7)5-6-10(16)11(9,17)12(13,14)15/h2-4,17H,5-6H2,1H3. The number of benzene rings is 1. The summed E-state index contributed by atoms with van der Waals surface area (Å²) in [5, 5.41) is 9.78. The molecule has 0 aromatic heterocycles. The van der Waals surface area contributed by atoms with Crippen molar-refractivity contribution in [3.63, 3.8) is 0 Å². The normalized spacial score (nSPS) is 24.6. The van der Waals surface area contributed by atoms with Crippen LogP contribution in [0, 0.1) is 6.92 Å². The molecule has 0 heterocycles. The molecule has 1 aromatic carbocycles. The maximum absolute atomic E-state index is 12.9. The third kappa shape index (κ3) is 1.57. The molecule has 2 nitrogen and oxygen atoms in total. The van der Waals surface area contributed by atoms with Crippen LogP contribution in [0.15, 0.2) is 18.2 Å². The highest BCUT2D eigenvalue weighted by molar-refractivity contribution is 5.91. The van der Waals surface area contributed by atoms with Gasteiger partial charge in [0.2, 0.25) is 5.60 Å². The van der Waals surface area contributed by atoms with E-state index in [0.717, 1.165) is 0 Å². The van der Waals surface area contributed by atoms with Gasteiger partial charge in [-0.25, -0.2) is 0 Å². The van der Waals surface area contributed by atoms with Crippen molar-refractivity contribution < 1.29 is 23.1 Å². The largest absolute Gasteiger partial charge is 0.428 e. The molecule has 92 valence electrons. The minimum Gasteiger partial charge on any atom is -0.370 e. The summed E-state index contributed by atoms with van der Waals surface area (Å²) in [5.74, 6) is -1.18. The molecule has 1 N–H and O–H groups in total. The summed E-state index contributed by atoms with van der Waals surface area (Å²) in [5.41, 5.74) is -2.57. The summed E-state index contributed by atoms with van der Waals surface area (Å²) < 4.78 is 38.7. The van der Waals surface area contributed by atoms with E-state index in [-0.39, 0.29) is 18.4 Å². The van der Waals surface area contributed by atoms with Crippen LogP contribution in [0.5, 0.6) is 0 Å². The van der Waals surface area contributed by atoms with E-state index in [9.17, 15) is 23.1 Å². The molecule has 0 aliphatic heterocycles. The smallest absolute Gasteiger partial charge is 0.370 e. The van der Waals surface area contributed by atoms with Gasteiger partial charge in [0.1, 0.15) is 0 Å². The number of hydrogen-bond acceptors (Lipinski definition) is 2. The van der Waals surface area contributed by atoms with Gasteiger partial charge in [0.05, 0.1) is 0 Å². The lowest BCUT2D eigenvalue weighted by Gasteiger charge is -2.35. The van der Waals surface area contributed by atoms with Crippen molar-refractivity contribution >= 4 is 5.78 Å². The second-order valence-corrected chi connectivity index (χ2v) is 4.23. The Hall–Kier alpha value is -1.36. The van der Waals surface area contributed by atoms with Crippen LogP contribution in [0.3, 0.4) is 0 Å². The molecule has 17 heavy (non-hydrogen) atoms. The van der Waals surface area contributed by atoms with Crippen LogP contribution in [0.4, 0.5) is 13.2 Å². The molecular formula is C12H11F3O2. The van der Waals surface area contributed by atoms with Crippen molar-refractivity contribution in [1.29, 1.82) is 0 Å². The summed E-state index contributed by atoms with van der Waals surface area (Å²) in [6.45, 7) is 1.67. The van der Waals surface area contributed by atoms with E-state index < -0.39 is 17.6 Å². The van der Waals surface area contributed by atoms with Gasteiger partial charge in [0, 0.05) is 12.0 Å². The predicted molar refractivity (Wildman–Crippen MR) is 54.5 cm³/mol. The monoisotopic (exact) mass is 244 g/mol. The van der Waals surface area contributed by atoms with Crippen LogP contribution in [-0.2, 0) is 16.8 Å². The number of ketones is 1. The van der Waals surface area contributed by atoms with Crippen LogP contribution in [-0.4, -0.2) is 17.1 Å². The number of halogens is 3. The molecule has 0 spiro atoms. The third-order valence-corrected chi connectivity index (χ3v) is 3.22. The van der Waals surface area contributed by atoms with Gasteiger partial charge in [-0.15, -0.1) is 0 Å². The van der Waals surface area contributed by atoms with E-state index in [1.54, 1.807) is 13.0 Å². The van der Waals surface area contributed by atoms with Gasteiger partial charge < -0.3 is 5.11 Å². The van der Waals surface area contributed by atoms with Gasteiger partial charge >= 0.3 is 6.18 Å². The second-order valence-electron chi connectivity index (χ2n) is 4.23. The van der Waals surface area contributed by atoms with Crippen molar-refractivity contribution in [1.82, 2.24) is 0 Å². The number of aliphatic hydroxyl groups is 1. The first-order valence-corrected chi connectivity index (χ1v) is 5.20. The average Bonchev–Trinajstić information content (AvgIpc) is 2.22. The predicted octanol–water partition coefficient (Wildman–Crippen LogP) is 2.26. The average molecular weight is 244 g/mol. The Kier molecular flexibility index (Phi) is 2.54. The van der Waals surface area contributed by atoms with Crippen LogP contribution in [0.1, 0.15) is 23.1 Å². The Labute approximate surface area is 96.1 Å². The lowest BCUT2D eigenvalue weighted by Crippen LogP contribution is -2.51. The SMILES string of the molecule is Cc1cccc2c1CCC(=O)C2(O)C(F)(F)F. The molecule has 1 aromatic rings. The molecule has 1 aliphatic carbocycles. The minimum absolute atomic E-state index is 0.249. The lowest BCUT2D eigenvalue weighted by molar-refractivity contribution is -0.257. The molecule has 1 atom stereocenters. The number of hydrogen-bond donors (Lipinski definition) is 1. The third-order valence-electron chi connectivity index (χ3n) is 3.22. The van der Waals surface area contributed by atoms with Crippen molar-refractivity contribution in [3.8, 4) is 0 Å². The van der Waals surface area contributed by atoms with Crippen molar-refractivity contribution in [2.45, 2.75) is 31.5 Å². The number of aryl methyl sites for hydroxylation is 1. The molecule has 0 radical (unpaired) electrons. The molecule has 0 amide bonds. The van der Waals surface area contributed by atoms with Crippen molar-refractivity contribution in [2.24, 2.45) is 0 Å². The maximum atomic E-state index is 12.9. The quantitative estimate of drug-likeness (QED) is 0.760. The van der Waals surface area contributed by atoms with E-state index in [2.05, 4.69) is 0 Å². The van der Waals surface area contributed by atoms with Crippen LogP contribution in [0.25, 0.3) is 0 Å². The van der Waals surface area contributed by atoms with E-state index in [0.29, 0.717) is 11.1 Å². The Morgan fingerprint density at radius 3 is 2.53 bits per heavy atom. The Balaban J connectivity index is 2.71. The first-order valence-electron chi connectivity index (χ1n) is 5.20. The molecule has 0 saturated heterocycles. The fourth-order valence-corrected chi connectivity index (χ4v) is 2.25. The Bertz CT molecular complexity index is 479. The van der Waals surface area contributed by atoms with Crippen molar-refractivity contribution in [2.75, 3.05) is 0 Å². The van der Waals surface area contributed by atoms with Crippen LogP contribution < -0.4 is 0 Å². The van der Waals surface area contributed by atoms with Gasteiger partial charge in [-0.3, -0.25) is 4.79 Å². The lowest BCUT2D eigenvalue weighted by atomic mass is 9.76. The van der Waals surface area contributed by atoms with Gasteiger partial charge in [0.25, 0.3) is 0 Å². The molecule has 0 saturated carbocycles. The molecular weight excluding hydrogens is 233 g/mol. The highest BCUT2D eigenvalue weighted by atomic mass is 19.4. The molecule has 1 aliphatic rings. The Morgan fingerprint density at radius 1 is 1.29 bits per heavy atom. The van der Waals surface area contributed by atoms with Gasteiger partial charge in [-0.05, 0) is 24.5 Å². The number of carbonyl (C=O) groups excluding carboxylic acids is 1. The van der Waals surface area contributed by atoms with Crippen LogP contribution in [0.2, 0.25) is 0 Å². The zero-order valence-corrected chi connectivity index (χ0v) is 9.14. The maximum Gasteiger partial charge on any atom is 0.428 e. The topological polar surface area (TPSA) is 37.3 Å². The van der Waals surface area contributed by atoms with Gasteiger partial charge in [-0.2, -0.15) is 13.2 Å². The molecule has 0 bridgehead atoms. The molecule has 1 unspecified atom stereocenters. The first kappa shape index (κ1) is 12.1. The summed E-state index contributed by atoms with van der Waals surface area (Å²) in [7, 11) is 0. The van der Waals surface area contributed by atoms with E-state index >= 15 is 0 Å². The van der Waals surface area contributed by atoms with Gasteiger partial charge in [0.15, 0.2) is 5.78 Å². The number of carbonyl (C=O) groups is 1. The van der Waals surface area contributed by atoms with Gasteiger partial charge in [-0.1, -0.05) is 18.2 Å². The Morgan fingerprint density at radius 2 is 1.94 bits per heavy atom. The summed E-state index contributed by atoms with van der Waals surface area (Å²) in [6, 6.07) is 4.27. The molecule has 5 heteroatoms. The first-order chi connectivity index (χ1) is 7.78. The number of fused-ring (bicyclic) bond motifs is 1. The minimum atomic E-state index is -4.98. The second kappa shape index (κ2) is 3.57. The summed E-state index contributed by atoms with van der Waals surface area (Å²) >= 11 is 0. The van der Waals surface area contributed by atoms with Crippen LogP contribution >= 0.6 is 0 Å². The zero-order valence-electron chi connectivity index (χ0n) is 9.14. The molecule has 0 fully saturated rings. The van der Waals surface area contributed by atoms with E-state index in [1.807, 2.05) is 0 Å². The highest BCUT2D eigenvalue weighted by Crippen LogP contribution is 2.45. The number of rotatable bonds is 0. The highest BCUT2D eigenvalue weighted by Gasteiger charge is 2.61. The zero-order chi connectivity index (χ0) is 12.8. The van der Waals surface area contributed by atoms with E-state index in [1.165, 1.54) is 12.1 Å². The molecule has 2 rings (SSSR count). The van der Waals surface area contributed by atoms with Crippen molar-refractivity contribution in [3.05, 3.63) is 34.9 Å². The number of alkyl halides is 3. The fraction of sp³-hybridized carbons (Fsp3) is 0.417. The fourth-order valence-electron chi connectivity index (χ4n) is 2.25. The summed E-state index contributed by atoms with van der Waals surface area (Å²) in [6.07, 6.45) is -5.01. The van der Waals surface area contributed by atoms with E-state index in [4.69, 9.17) is 0 Å².